The van der Waals surface area contributed by atoms with Gasteiger partial charge in [-0.15, -0.1) is 0 Å². The normalized spacial score (nSPS) is 12.0. The van der Waals surface area contributed by atoms with Gasteiger partial charge in [0.05, 0.1) is 0 Å². The summed E-state index contributed by atoms with van der Waals surface area (Å²) in [7, 11) is 0. The van der Waals surface area contributed by atoms with Gasteiger partial charge in [-0.25, -0.2) is 4.79 Å². The molecule has 5 nitrogen and oxygen atoms in total. The topological polar surface area (TPSA) is 82.2 Å². The molecule has 1 atom stereocenters. The molecule has 1 unspecified atom stereocenters. The van der Waals surface area contributed by atoms with Crippen LogP contribution in [0, 0.1) is 0 Å². The number of para-hydroxylation sites is 1. The largest absolute Gasteiger partial charge is 0.480 e. The minimum atomic E-state index is -1.01. The molecular formula is C21H22N2O3. The zero-order chi connectivity index (χ0) is 18.4. The number of carbonyl (C=O) groups excluding carboxylic acids is 1. The van der Waals surface area contributed by atoms with Crippen LogP contribution in [0.4, 0.5) is 0 Å². The van der Waals surface area contributed by atoms with E-state index in [-0.39, 0.29) is 12.3 Å². The number of carbonyl (C=O) groups is 2. The molecular weight excluding hydrogens is 328 g/mol. The molecule has 0 aliphatic heterocycles. The van der Waals surface area contributed by atoms with Gasteiger partial charge >= 0.3 is 5.97 Å². The summed E-state index contributed by atoms with van der Waals surface area (Å²) >= 11 is 0. The fourth-order valence-corrected chi connectivity index (χ4v) is 3.09. The summed E-state index contributed by atoms with van der Waals surface area (Å²) in [4.78, 5) is 26.8. The van der Waals surface area contributed by atoms with Crippen LogP contribution in [0.15, 0.2) is 60.8 Å². The van der Waals surface area contributed by atoms with Crippen molar-refractivity contribution in [1.29, 1.82) is 0 Å². The molecule has 0 spiro atoms. The number of fused-ring (bicyclic) bond motifs is 1. The second kappa shape index (κ2) is 8.34. The zero-order valence-corrected chi connectivity index (χ0v) is 14.4. The summed E-state index contributed by atoms with van der Waals surface area (Å²) in [6, 6.07) is 16.5. The highest BCUT2D eigenvalue weighted by atomic mass is 16.4. The third kappa shape index (κ3) is 4.51. The number of amides is 1. The lowest BCUT2D eigenvalue weighted by atomic mass is 10.0. The molecule has 0 fully saturated rings. The van der Waals surface area contributed by atoms with E-state index in [0.29, 0.717) is 12.8 Å². The van der Waals surface area contributed by atoms with Gasteiger partial charge in [-0.3, -0.25) is 4.79 Å². The van der Waals surface area contributed by atoms with Crippen molar-refractivity contribution in [3.05, 3.63) is 71.9 Å². The van der Waals surface area contributed by atoms with E-state index >= 15 is 0 Å². The van der Waals surface area contributed by atoms with E-state index in [1.54, 1.807) is 0 Å². The van der Waals surface area contributed by atoms with Gasteiger partial charge in [0, 0.05) is 29.9 Å². The predicted octanol–water partition coefficient (Wildman–Crippen LogP) is 3.30. The number of benzene rings is 2. The van der Waals surface area contributed by atoms with Crippen molar-refractivity contribution in [2.45, 2.75) is 31.7 Å². The Labute approximate surface area is 152 Å². The lowest BCUT2D eigenvalue weighted by Gasteiger charge is -2.14. The fourth-order valence-electron chi connectivity index (χ4n) is 3.09. The number of rotatable bonds is 8. The Balaban J connectivity index is 1.51. The highest BCUT2D eigenvalue weighted by Crippen LogP contribution is 2.19. The number of carboxylic acid groups (broad SMARTS) is 1. The molecule has 3 aromatic rings. The summed E-state index contributed by atoms with van der Waals surface area (Å²) in [6.45, 7) is 0. The maximum atomic E-state index is 12.2. The highest BCUT2D eigenvalue weighted by Gasteiger charge is 2.20. The average Bonchev–Trinajstić information content (AvgIpc) is 3.05. The second-order valence-corrected chi connectivity index (χ2v) is 6.36. The molecule has 1 aromatic heterocycles. The zero-order valence-electron chi connectivity index (χ0n) is 14.4. The van der Waals surface area contributed by atoms with Crippen molar-refractivity contribution in [2.24, 2.45) is 0 Å². The molecule has 3 N–H and O–H groups in total. The number of aromatic amines is 1. The lowest BCUT2D eigenvalue weighted by molar-refractivity contribution is -0.141. The minimum absolute atomic E-state index is 0.229. The first kappa shape index (κ1) is 17.7. The maximum Gasteiger partial charge on any atom is 0.326 e. The molecule has 0 aliphatic rings. The summed E-state index contributed by atoms with van der Waals surface area (Å²) in [5.41, 5.74) is 3.15. The van der Waals surface area contributed by atoms with Crippen LogP contribution in [0.25, 0.3) is 10.9 Å². The van der Waals surface area contributed by atoms with Crippen molar-refractivity contribution < 1.29 is 14.7 Å². The van der Waals surface area contributed by atoms with Gasteiger partial charge < -0.3 is 15.4 Å². The summed E-state index contributed by atoms with van der Waals surface area (Å²) < 4.78 is 0. The second-order valence-electron chi connectivity index (χ2n) is 6.36. The maximum absolute atomic E-state index is 12.2. The fraction of sp³-hybridized carbons (Fsp3) is 0.238. The van der Waals surface area contributed by atoms with Crippen molar-refractivity contribution in [3.63, 3.8) is 0 Å². The molecule has 2 aromatic carbocycles. The van der Waals surface area contributed by atoms with Gasteiger partial charge in [-0.05, 0) is 30.0 Å². The molecule has 0 radical (unpaired) electrons. The Bertz CT molecular complexity index is 886. The number of aliphatic carboxylic acids is 1. The van der Waals surface area contributed by atoms with E-state index in [9.17, 15) is 14.7 Å². The van der Waals surface area contributed by atoms with Gasteiger partial charge in [-0.2, -0.15) is 0 Å². The molecule has 134 valence electrons. The van der Waals surface area contributed by atoms with E-state index < -0.39 is 12.0 Å². The van der Waals surface area contributed by atoms with Crippen LogP contribution in [-0.2, 0) is 22.4 Å². The van der Waals surface area contributed by atoms with Crippen LogP contribution in [0.2, 0.25) is 0 Å². The molecule has 5 heteroatoms. The van der Waals surface area contributed by atoms with Gasteiger partial charge in [0.1, 0.15) is 6.04 Å². The van der Waals surface area contributed by atoms with E-state index in [0.717, 1.165) is 17.5 Å². The quantitative estimate of drug-likeness (QED) is 0.583. The molecule has 0 aliphatic carbocycles. The number of aromatic nitrogens is 1. The molecule has 0 saturated heterocycles. The first-order valence-electron chi connectivity index (χ1n) is 8.74. The van der Waals surface area contributed by atoms with E-state index in [1.807, 2.05) is 54.7 Å². The lowest BCUT2D eigenvalue weighted by Crippen LogP contribution is -2.42. The molecule has 1 heterocycles. The molecule has 0 saturated carbocycles. The SMILES string of the molecule is O=C(CCCc1c[nH]c2ccccc12)NC(Cc1ccccc1)C(=O)O. The first-order chi connectivity index (χ1) is 12.6. The number of hydrogen-bond acceptors (Lipinski definition) is 2. The first-order valence-corrected chi connectivity index (χ1v) is 8.74. The Kier molecular flexibility index (Phi) is 5.69. The van der Waals surface area contributed by atoms with Gasteiger partial charge in [0.2, 0.25) is 5.91 Å². The Morgan fingerprint density at radius 1 is 1.04 bits per heavy atom. The van der Waals surface area contributed by atoms with Crippen LogP contribution in [0.3, 0.4) is 0 Å². The van der Waals surface area contributed by atoms with Crippen LogP contribution < -0.4 is 5.32 Å². The summed E-state index contributed by atoms with van der Waals surface area (Å²) in [5, 5.41) is 13.2. The number of H-pyrrole nitrogens is 1. The van der Waals surface area contributed by atoms with Gasteiger partial charge in [0.25, 0.3) is 0 Å². The number of aryl methyl sites for hydroxylation is 1. The smallest absolute Gasteiger partial charge is 0.326 e. The van der Waals surface area contributed by atoms with E-state index in [1.165, 1.54) is 10.9 Å². The summed E-state index contributed by atoms with van der Waals surface area (Å²) in [6.07, 6.45) is 4.00. The third-order valence-electron chi connectivity index (χ3n) is 4.44. The Hall–Kier alpha value is -3.08. The molecule has 3 rings (SSSR count). The van der Waals surface area contributed by atoms with Crippen molar-refractivity contribution in [3.8, 4) is 0 Å². The van der Waals surface area contributed by atoms with Crippen LogP contribution in [-0.4, -0.2) is 28.0 Å². The Morgan fingerprint density at radius 2 is 1.77 bits per heavy atom. The standard InChI is InChI=1S/C21H22N2O3/c24-20(23-19(21(25)26)13-15-7-2-1-3-8-15)12-6-9-16-14-22-18-11-5-4-10-17(16)18/h1-5,7-8,10-11,14,19,22H,6,9,12-13H2,(H,23,24)(H,25,26). The van der Waals surface area contributed by atoms with E-state index in [4.69, 9.17) is 0 Å². The molecule has 26 heavy (non-hydrogen) atoms. The molecule has 1 amide bonds. The minimum Gasteiger partial charge on any atom is -0.480 e. The Morgan fingerprint density at radius 3 is 2.54 bits per heavy atom. The average molecular weight is 350 g/mol. The number of nitrogens with one attached hydrogen (secondary N) is 2. The van der Waals surface area contributed by atoms with Gasteiger partial charge in [0.15, 0.2) is 0 Å². The van der Waals surface area contributed by atoms with E-state index in [2.05, 4.69) is 16.4 Å². The summed E-state index contributed by atoms with van der Waals surface area (Å²) in [5.74, 6) is -1.24. The van der Waals surface area contributed by atoms with Gasteiger partial charge in [-0.1, -0.05) is 48.5 Å². The van der Waals surface area contributed by atoms with Crippen LogP contribution in [0.5, 0.6) is 0 Å². The number of carboxylic acids is 1. The third-order valence-corrected chi connectivity index (χ3v) is 4.44. The monoisotopic (exact) mass is 350 g/mol. The van der Waals surface area contributed by atoms with Crippen LogP contribution >= 0.6 is 0 Å². The molecule has 0 bridgehead atoms. The van der Waals surface area contributed by atoms with Crippen molar-refractivity contribution in [2.75, 3.05) is 0 Å². The predicted molar refractivity (Wildman–Crippen MR) is 101 cm³/mol. The highest BCUT2D eigenvalue weighted by molar-refractivity contribution is 5.84. The van der Waals surface area contributed by atoms with Crippen molar-refractivity contribution in [1.82, 2.24) is 10.3 Å². The van der Waals surface area contributed by atoms with Crippen molar-refractivity contribution >= 4 is 22.8 Å². The number of hydrogen-bond donors (Lipinski definition) is 3. The van der Waals surface area contributed by atoms with Crippen LogP contribution in [0.1, 0.15) is 24.0 Å².